The van der Waals surface area contributed by atoms with Gasteiger partial charge < -0.3 is 5.32 Å². The molecule has 4 amide bonds. The van der Waals surface area contributed by atoms with Crippen molar-refractivity contribution < 1.29 is 14.4 Å². The van der Waals surface area contributed by atoms with E-state index in [2.05, 4.69) is 10.7 Å². The van der Waals surface area contributed by atoms with Gasteiger partial charge >= 0.3 is 6.03 Å². The van der Waals surface area contributed by atoms with Crippen LogP contribution in [0.4, 0.5) is 4.79 Å². The zero-order valence-corrected chi connectivity index (χ0v) is 14.8. The molecule has 25 heavy (non-hydrogen) atoms. The standard InChI is InChI=1S/C19H25N3O3/c1-18(2,14-9-5-3-6-10-14)13-15(23)21-22-16(24)19(20-17(22)25)11-7-4-8-12-19/h3,5-6,9-10H,4,7-8,11-13H2,1-2H3,(H,20,25)(H,21,23). The molecule has 1 saturated heterocycles. The summed E-state index contributed by atoms with van der Waals surface area (Å²) in [4.78, 5) is 37.4. The molecule has 1 aromatic carbocycles. The van der Waals surface area contributed by atoms with Crippen LogP contribution in [0, 0.1) is 0 Å². The van der Waals surface area contributed by atoms with Gasteiger partial charge in [-0.1, -0.05) is 63.4 Å². The van der Waals surface area contributed by atoms with Crippen molar-refractivity contribution in [1.29, 1.82) is 0 Å². The fourth-order valence-corrected chi connectivity index (χ4v) is 3.77. The topological polar surface area (TPSA) is 78.5 Å². The number of carbonyl (C=O) groups is 3. The Morgan fingerprint density at radius 3 is 2.44 bits per heavy atom. The van der Waals surface area contributed by atoms with E-state index in [1.807, 2.05) is 44.2 Å². The van der Waals surface area contributed by atoms with Crippen LogP contribution in [0.3, 0.4) is 0 Å². The van der Waals surface area contributed by atoms with Crippen molar-refractivity contribution in [3.8, 4) is 0 Å². The van der Waals surface area contributed by atoms with Crippen LogP contribution in [0.2, 0.25) is 0 Å². The fourth-order valence-electron chi connectivity index (χ4n) is 3.77. The van der Waals surface area contributed by atoms with Crippen molar-refractivity contribution in [2.24, 2.45) is 0 Å². The molecule has 134 valence electrons. The minimum atomic E-state index is -0.822. The van der Waals surface area contributed by atoms with Gasteiger partial charge in [0.25, 0.3) is 5.91 Å². The molecule has 2 fully saturated rings. The second-order valence-corrected chi connectivity index (χ2v) is 7.68. The molecule has 2 aliphatic rings. The summed E-state index contributed by atoms with van der Waals surface area (Å²) in [5.74, 6) is -0.673. The number of nitrogens with zero attached hydrogens (tertiary/aromatic N) is 1. The molecule has 6 heteroatoms. The van der Waals surface area contributed by atoms with E-state index in [1.54, 1.807) is 0 Å². The Balaban J connectivity index is 1.67. The van der Waals surface area contributed by atoms with E-state index >= 15 is 0 Å². The van der Waals surface area contributed by atoms with Crippen molar-refractivity contribution in [1.82, 2.24) is 15.8 Å². The molecule has 0 aromatic heterocycles. The second kappa shape index (κ2) is 6.50. The average molecular weight is 343 g/mol. The Kier molecular flexibility index (Phi) is 4.54. The predicted octanol–water partition coefficient (Wildman–Crippen LogP) is 2.64. The van der Waals surface area contributed by atoms with Gasteiger partial charge in [-0.2, -0.15) is 5.01 Å². The molecule has 0 atom stereocenters. The number of urea groups is 1. The zero-order chi connectivity index (χ0) is 18.1. The van der Waals surface area contributed by atoms with Crippen molar-refractivity contribution in [3.63, 3.8) is 0 Å². The molecule has 0 unspecified atom stereocenters. The summed E-state index contributed by atoms with van der Waals surface area (Å²) in [6.07, 6.45) is 4.35. The Hall–Kier alpha value is -2.37. The van der Waals surface area contributed by atoms with Gasteiger partial charge in [-0.3, -0.25) is 15.0 Å². The zero-order valence-electron chi connectivity index (χ0n) is 14.8. The lowest BCUT2D eigenvalue weighted by molar-refractivity contribution is -0.140. The van der Waals surface area contributed by atoms with Crippen LogP contribution >= 0.6 is 0 Å². The number of hydrogen-bond donors (Lipinski definition) is 2. The van der Waals surface area contributed by atoms with Crippen LogP contribution in [-0.4, -0.2) is 28.4 Å². The third kappa shape index (κ3) is 3.38. The van der Waals surface area contributed by atoms with E-state index in [9.17, 15) is 14.4 Å². The van der Waals surface area contributed by atoms with Gasteiger partial charge in [-0.05, 0) is 23.8 Å². The molecule has 1 heterocycles. The van der Waals surface area contributed by atoms with Gasteiger partial charge in [0.05, 0.1) is 0 Å². The Morgan fingerprint density at radius 1 is 1.16 bits per heavy atom. The highest BCUT2D eigenvalue weighted by Crippen LogP contribution is 2.33. The number of amides is 4. The maximum absolute atomic E-state index is 12.7. The summed E-state index contributed by atoms with van der Waals surface area (Å²) in [6, 6.07) is 9.20. The monoisotopic (exact) mass is 343 g/mol. The van der Waals surface area contributed by atoms with Gasteiger partial charge in [0.1, 0.15) is 5.54 Å². The number of benzene rings is 1. The highest BCUT2D eigenvalue weighted by molar-refractivity contribution is 6.08. The lowest BCUT2D eigenvalue weighted by atomic mass is 9.81. The number of hydrogen-bond acceptors (Lipinski definition) is 3. The summed E-state index contributed by atoms with van der Waals surface area (Å²) >= 11 is 0. The van der Waals surface area contributed by atoms with E-state index in [-0.39, 0.29) is 18.2 Å². The first kappa shape index (κ1) is 17.5. The van der Waals surface area contributed by atoms with Crippen LogP contribution < -0.4 is 10.7 Å². The van der Waals surface area contributed by atoms with Gasteiger partial charge in [0, 0.05) is 6.42 Å². The van der Waals surface area contributed by atoms with Gasteiger partial charge in [0.15, 0.2) is 0 Å². The van der Waals surface area contributed by atoms with Crippen molar-refractivity contribution in [3.05, 3.63) is 35.9 Å². The molecule has 1 spiro atoms. The fraction of sp³-hybridized carbons (Fsp3) is 0.526. The molecular weight excluding hydrogens is 318 g/mol. The average Bonchev–Trinajstić information content (AvgIpc) is 2.80. The maximum atomic E-state index is 12.7. The van der Waals surface area contributed by atoms with Crippen LogP contribution in [0.5, 0.6) is 0 Å². The molecule has 3 rings (SSSR count). The summed E-state index contributed by atoms with van der Waals surface area (Å²) in [7, 11) is 0. The predicted molar refractivity (Wildman–Crippen MR) is 93.4 cm³/mol. The minimum absolute atomic E-state index is 0.182. The van der Waals surface area contributed by atoms with E-state index < -0.39 is 17.0 Å². The first-order valence-electron chi connectivity index (χ1n) is 8.86. The second-order valence-electron chi connectivity index (χ2n) is 7.68. The lowest BCUT2D eigenvalue weighted by Crippen LogP contribution is -2.51. The summed E-state index contributed by atoms with van der Waals surface area (Å²) < 4.78 is 0. The van der Waals surface area contributed by atoms with E-state index in [0.29, 0.717) is 12.8 Å². The van der Waals surface area contributed by atoms with Crippen LogP contribution in [-0.2, 0) is 15.0 Å². The molecule has 0 bridgehead atoms. The third-order valence-electron chi connectivity index (χ3n) is 5.26. The minimum Gasteiger partial charge on any atom is -0.322 e. The normalized spacial score (nSPS) is 19.8. The first-order valence-corrected chi connectivity index (χ1v) is 8.86. The SMILES string of the molecule is CC(C)(CC(=O)NN1C(=O)NC2(CCCCC2)C1=O)c1ccccc1. The quantitative estimate of drug-likeness (QED) is 0.825. The lowest BCUT2D eigenvalue weighted by Gasteiger charge is -2.30. The van der Waals surface area contributed by atoms with Crippen molar-refractivity contribution in [2.45, 2.75) is 63.3 Å². The molecular formula is C19H25N3O3. The molecule has 1 aliphatic carbocycles. The Morgan fingerprint density at radius 2 is 1.80 bits per heavy atom. The summed E-state index contributed by atoms with van der Waals surface area (Å²) in [6.45, 7) is 3.94. The molecule has 0 radical (unpaired) electrons. The Bertz CT molecular complexity index is 678. The molecule has 1 aliphatic heterocycles. The van der Waals surface area contributed by atoms with E-state index in [4.69, 9.17) is 0 Å². The van der Waals surface area contributed by atoms with E-state index in [0.717, 1.165) is 29.8 Å². The van der Waals surface area contributed by atoms with Crippen molar-refractivity contribution in [2.75, 3.05) is 0 Å². The number of imide groups is 1. The van der Waals surface area contributed by atoms with Crippen LogP contribution in [0.25, 0.3) is 0 Å². The van der Waals surface area contributed by atoms with Gasteiger partial charge in [0.2, 0.25) is 5.91 Å². The number of rotatable bonds is 4. The number of hydrazine groups is 1. The molecule has 2 N–H and O–H groups in total. The smallest absolute Gasteiger partial charge is 0.322 e. The Labute approximate surface area is 147 Å². The molecule has 1 aromatic rings. The van der Waals surface area contributed by atoms with Crippen molar-refractivity contribution >= 4 is 17.8 Å². The highest BCUT2D eigenvalue weighted by atomic mass is 16.2. The van der Waals surface area contributed by atoms with Crippen LogP contribution in [0.1, 0.15) is 57.9 Å². The molecule has 1 saturated carbocycles. The third-order valence-corrected chi connectivity index (χ3v) is 5.26. The summed E-state index contributed by atoms with van der Waals surface area (Å²) in [5, 5.41) is 3.66. The van der Waals surface area contributed by atoms with E-state index in [1.165, 1.54) is 0 Å². The van der Waals surface area contributed by atoms with Gasteiger partial charge in [-0.15, -0.1) is 0 Å². The first-order chi connectivity index (χ1) is 11.8. The van der Waals surface area contributed by atoms with Gasteiger partial charge in [-0.25, -0.2) is 4.79 Å². The summed E-state index contributed by atoms with van der Waals surface area (Å²) in [5.41, 5.74) is 2.32. The maximum Gasteiger partial charge on any atom is 0.344 e. The number of nitrogens with one attached hydrogen (secondary N) is 2. The number of carbonyl (C=O) groups excluding carboxylic acids is 3. The van der Waals surface area contributed by atoms with Crippen LogP contribution in [0.15, 0.2) is 30.3 Å². The molecule has 6 nitrogen and oxygen atoms in total. The highest BCUT2D eigenvalue weighted by Gasteiger charge is 2.52. The largest absolute Gasteiger partial charge is 0.344 e.